The van der Waals surface area contributed by atoms with Crippen molar-refractivity contribution < 1.29 is 14.3 Å². The first-order valence-corrected chi connectivity index (χ1v) is 11.2. The molecule has 0 N–H and O–H groups in total. The van der Waals surface area contributed by atoms with E-state index >= 15 is 0 Å². The Morgan fingerprint density at radius 2 is 1.96 bits per heavy atom. The van der Waals surface area contributed by atoms with Crippen LogP contribution in [0.1, 0.15) is 39.5 Å². The normalized spacial score (nSPS) is 19.5. The smallest absolute Gasteiger partial charge is 0.178 e. The number of ether oxygens (including phenoxy) is 2. The van der Waals surface area contributed by atoms with Crippen LogP contribution in [0.25, 0.3) is 0 Å². The number of carbonyl (C=O) groups is 1. The average molecular weight is 403 g/mol. The summed E-state index contributed by atoms with van der Waals surface area (Å²) in [6.07, 6.45) is 3.07. The van der Waals surface area contributed by atoms with Crippen LogP contribution in [-0.4, -0.2) is 54.4 Å². The predicted molar refractivity (Wildman–Crippen MR) is 111 cm³/mol. The number of nitrogens with zero attached hydrogens (tertiary/aromatic N) is 2. The summed E-state index contributed by atoms with van der Waals surface area (Å²) in [6.45, 7) is 8.93. The van der Waals surface area contributed by atoms with E-state index in [9.17, 15) is 4.79 Å². The van der Waals surface area contributed by atoms with Crippen LogP contribution in [0.15, 0.2) is 23.6 Å². The molecule has 4 rings (SSSR count). The third-order valence-corrected chi connectivity index (χ3v) is 7.00. The predicted octanol–water partition coefficient (Wildman–Crippen LogP) is 3.68. The average Bonchev–Trinajstić information content (AvgIpc) is 3.44. The van der Waals surface area contributed by atoms with Crippen LogP contribution in [0.5, 0.6) is 0 Å². The van der Waals surface area contributed by atoms with Gasteiger partial charge in [0.2, 0.25) is 0 Å². The Morgan fingerprint density at radius 3 is 2.64 bits per heavy atom. The van der Waals surface area contributed by atoms with Crippen molar-refractivity contribution in [1.29, 1.82) is 0 Å². The molecule has 0 spiro atoms. The maximum absolute atomic E-state index is 13.0. The molecule has 0 aromatic carbocycles. The van der Waals surface area contributed by atoms with Gasteiger partial charge in [-0.05, 0) is 63.7 Å². The SMILES string of the molecule is Cc1cc(C(=O)CN2CCC(C3OCCO3)CC2)c(C)n1CCc1cccs1. The van der Waals surface area contributed by atoms with E-state index in [1.165, 1.54) is 10.6 Å². The fraction of sp³-hybridized carbons (Fsp3) is 0.591. The third-order valence-electron chi connectivity index (χ3n) is 6.07. The lowest BCUT2D eigenvalue weighted by Crippen LogP contribution is -2.40. The first-order chi connectivity index (χ1) is 13.6. The maximum Gasteiger partial charge on any atom is 0.178 e. The van der Waals surface area contributed by atoms with Gasteiger partial charge in [-0.3, -0.25) is 9.69 Å². The summed E-state index contributed by atoms with van der Waals surface area (Å²) in [5.41, 5.74) is 3.15. The molecule has 0 unspecified atom stereocenters. The van der Waals surface area contributed by atoms with Gasteiger partial charge < -0.3 is 14.0 Å². The van der Waals surface area contributed by atoms with Gasteiger partial charge in [-0.25, -0.2) is 0 Å². The molecule has 5 nitrogen and oxygen atoms in total. The quantitative estimate of drug-likeness (QED) is 0.663. The summed E-state index contributed by atoms with van der Waals surface area (Å²) in [5.74, 6) is 0.707. The third kappa shape index (κ3) is 4.40. The van der Waals surface area contributed by atoms with E-state index in [1.54, 1.807) is 11.3 Å². The van der Waals surface area contributed by atoms with Crippen LogP contribution in [-0.2, 0) is 22.4 Å². The van der Waals surface area contributed by atoms with Gasteiger partial charge in [0.1, 0.15) is 0 Å². The second-order valence-electron chi connectivity index (χ2n) is 7.91. The molecule has 0 amide bonds. The van der Waals surface area contributed by atoms with Crippen molar-refractivity contribution in [1.82, 2.24) is 9.47 Å². The van der Waals surface area contributed by atoms with E-state index in [1.807, 2.05) is 0 Å². The van der Waals surface area contributed by atoms with Crippen molar-refractivity contribution in [2.75, 3.05) is 32.8 Å². The van der Waals surface area contributed by atoms with Crippen LogP contribution < -0.4 is 0 Å². The van der Waals surface area contributed by atoms with E-state index in [0.717, 1.165) is 50.2 Å². The number of thiophene rings is 1. The molecule has 2 aromatic heterocycles. The number of aryl methyl sites for hydroxylation is 2. The molecule has 28 heavy (non-hydrogen) atoms. The first kappa shape index (κ1) is 19.8. The maximum atomic E-state index is 13.0. The molecule has 6 heteroatoms. The van der Waals surface area contributed by atoms with E-state index in [-0.39, 0.29) is 12.1 Å². The summed E-state index contributed by atoms with van der Waals surface area (Å²) in [4.78, 5) is 16.6. The van der Waals surface area contributed by atoms with Gasteiger partial charge >= 0.3 is 0 Å². The zero-order chi connectivity index (χ0) is 19.5. The fourth-order valence-corrected chi connectivity index (χ4v) is 5.12. The lowest BCUT2D eigenvalue weighted by molar-refractivity contribution is -0.0968. The van der Waals surface area contributed by atoms with Gasteiger partial charge in [0, 0.05) is 34.3 Å². The molecular weight excluding hydrogens is 372 g/mol. The van der Waals surface area contributed by atoms with Crippen LogP contribution in [0.3, 0.4) is 0 Å². The zero-order valence-electron chi connectivity index (χ0n) is 16.9. The van der Waals surface area contributed by atoms with Crippen molar-refractivity contribution in [3.8, 4) is 0 Å². The molecule has 2 fully saturated rings. The molecule has 0 atom stereocenters. The highest BCUT2D eigenvalue weighted by atomic mass is 32.1. The second-order valence-corrected chi connectivity index (χ2v) is 8.94. The lowest BCUT2D eigenvalue weighted by Gasteiger charge is -2.33. The number of Topliss-reactive ketones (excluding diaryl/α,β-unsaturated/α-hetero) is 1. The Bertz CT molecular complexity index is 785. The minimum Gasteiger partial charge on any atom is -0.350 e. The van der Waals surface area contributed by atoms with Crippen molar-refractivity contribution in [3.63, 3.8) is 0 Å². The number of likely N-dealkylation sites (tertiary alicyclic amines) is 1. The number of aromatic nitrogens is 1. The fourth-order valence-electron chi connectivity index (χ4n) is 4.42. The minimum atomic E-state index is -0.0277. The number of rotatable bonds is 7. The molecule has 0 aliphatic carbocycles. The van der Waals surface area contributed by atoms with Crippen LogP contribution in [0, 0.1) is 19.8 Å². The summed E-state index contributed by atoms with van der Waals surface area (Å²) in [5, 5.41) is 2.12. The van der Waals surface area contributed by atoms with E-state index in [0.29, 0.717) is 25.7 Å². The highest BCUT2D eigenvalue weighted by Crippen LogP contribution is 2.26. The van der Waals surface area contributed by atoms with Crippen LogP contribution in [0.4, 0.5) is 0 Å². The Kier molecular flexibility index (Phi) is 6.31. The summed E-state index contributed by atoms with van der Waals surface area (Å²) >= 11 is 1.79. The van der Waals surface area contributed by atoms with Crippen molar-refractivity contribution >= 4 is 17.1 Å². The van der Waals surface area contributed by atoms with Crippen molar-refractivity contribution in [3.05, 3.63) is 45.4 Å². The number of carbonyl (C=O) groups excluding carboxylic acids is 1. The molecule has 2 aliphatic rings. The minimum absolute atomic E-state index is 0.0277. The summed E-state index contributed by atoms with van der Waals surface area (Å²) in [6, 6.07) is 6.34. The monoisotopic (exact) mass is 402 g/mol. The molecule has 152 valence electrons. The van der Waals surface area contributed by atoms with Gasteiger partial charge in [0.05, 0.1) is 19.8 Å². The molecular formula is C22H30N2O3S. The van der Waals surface area contributed by atoms with Gasteiger partial charge in [0.15, 0.2) is 12.1 Å². The second kappa shape index (κ2) is 8.91. The van der Waals surface area contributed by atoms with E-state index in [2.05, 4.69) is 46.9 Å². The molecule has 0 radical (unpaired) electrons. The van der Waals surface area contributed by atoms with Crippen molar-refractivity contribution in [2.24, 2.45) is 5.92 Å². The van der Waals surface area contributed by atoms with Crippen LogP contribution >= 0.6 is 11.3 Å². The lowest BCUT2D eigenvalue weighted by atomic mass is 9.96. The number of hydrogen-bond donors (Lipinski definition) is 0. The van der Waals surface area contributed by atoms with Crippen LogP contribution in [0.2, 0.25) is 0 Å². The zero-order valence-corrected chi connectivity index (χ0v) is 17.7. The largest absolute Gasteiger partial charge is 0.350 e. The first-order valence-electron chi connectivity index (χ1n) is 10.3. The molecule has 4 heterocycles. The topological polar surface area (TPSA) is 43.7 Å². The molecule has 2 saturated heterocycles. The van der Waals surface area contributed by atoms with Gasteiger partial charge in [-0.1, -0.05) is 6.07 Å². The van der Waals surface area contributed by atoms with E-state index in [4.69, 9.17) is 9.47 Å². The molecule has 2 aliphatic heterocycles. The summed E-state index contributed by atoms with van der Waals surface area (Å²) < 4.78 is 13.6. The Morgan fingerprint density at radius 1 is 1.21 bits per heavy atom. The standard InChI is InChI=1S/C22H30N2O3S/c1-16-14-20(17(2)24(16)10-7-19-4-3-13-28-19)21(25)15-23-8-5-18(6-9-23)22-26-11-12-27-22/h3-4,13-14,18,22H,5-12,15H2,1-2H3. The highest BCUT2D eigenvalue weighted by molar-refractivity contribution is 7.09. The number of hydrogen-bond acceptors (Lipinski definition) is 5. The van der Waals surface area contributed by atoms with Gasteiger partial charge in [-0.2, -0.15) is 0 Å². The van der Waals surface area contributed by atoms with E-state index < -0.39 is 0 Å². The molecule has 0 saturated carbocycles. The Balaban J connectivity index is 1.32. The number of piperidine rings is 1. The molecule has 0 bridgehead atoms. The van der Waals surface area contributed by atoms with Gasteiger partial charge in [-0.15, -0.1) is 11.3 Å². The highest BCUT2D eigenvalue weighted by Gasteiger charge is 2.31. The molecule has 2 aromatic rings. The summed E-state index contributed by atoms with van der Waals surface area (Å²) in [7, 11) is 0. The number of ketones is 1. The Hall–Kier alpha value is -1.47. The van der Waals surface area contributed by atoms with Crippen molar-refractivity contribution in [2.45, 2.75) is 45.9 Å². The van der Waals surface area contributed by atoms with Gasteiger partial charge in [0.25, 0.3) is 0 Å². The Labute approximate surface area is 171 Å².